The van der Waals surface area contributed by atoms with E-state index in [0.29, 0.717) is 6.04 Å². The fourth-order valence-corrected chi connectivity index (χ4v) is 2.60. The molecule has 4 heteroatoms. The molecule has 1 aliphatic heterocycles. The Hall–Kier alpha value is -0.610. The van der Waals surface area contributed by atoms with Crippen LogP contribution in [0.4, 0.5) is 0 Å². The lowest BCUT2D eigenvalue weighted by molar-refractivity contribution is -0.139. The highest BCUT2D eigenvalue weighted by Crippen LogP contribution is 2.24. The zero-order valence-corrected chi connectivity index (χ0v) is 11.7. The number of likely N-dealkylation sites (N-methyl/N-ethyl adjacent to an activating group) is 1. The van der Waals surface area contributed by atoms with E-state index >= 15 is 0 Å². The largest absolute Gasteiger partial charge is 0.481 e. The lowest BCUT2D eigenvalue weighted by atomic mass is 10.0. The van der Waals surface area contributed by atoms with Crippen molar-refractivity contribution in [3.05, 3.63) is 0 Å². The number of aliphatic carboxylic acids is 1. The van der Waals surface area contributed by atoms with E-state index in [9.17, 15) is 4.79 Å². The van der Waals surface area contributed by atoms with Crippen LogP contribution in [0.2, 0.25) is 0 Å². The Morgan fingerprint density at radius 1 is 1.41 bits per heavy atom. The predicted molar refractivity (Wildman–Crippen MR) is 69.2 cm³/mol. The summed E-state index contributed by atoms with van der Waals surface area (Å²) in [6.07, 6.45) is 1.33. The minimum absolute atomic E-state index is 0.0328. The molecule has 1 aliphatic rings. The molecule has 0 radical (unpaired) electrons. The molecular formula is C13H26N2O2. The predicted octanol–water partition coefficient (Wildman–Crippen LogP) is 1.65. The summed E-state index contributed by atoms with van der Waals surface area (Å²) < 4.78 is 0. The van der Waals surface area contributed by atoms with Gasteiger partial charge in [0.1, 0.15) is 0 Å². The third-order valence-corrected chi connectivity index (χ3v) is 3.75. The third-order valence-electron chi connectivity index (χ3n) is 3.75. The molecule has 17 heavy (non-hydrogen) atoms. The molecule has 1 fully saturated rings. The average Bonchev–Trinajstić information content (AvgIpc) is 2.25. The Labute approximate surface area is 105 Å². The quantitative estimate of drug-likeness (QED) is 0.799. The van der Waals surface area contributed by atoms with Gasteiger partial charge in [0, 0.05) is 30.7 Å². The maximum atomic E-state index is 11.0. The van der Waals surface area contributed by atoms with Gasteiger partial charge in [-0.1, -0.05) is 0 Å². The summed E-state index contributed by atoms with van der Waals surface area (Å²) >= 11 is 0. The first-order valence-corrected chi connectivity index (χ1v) is 6.40. The molecule has 0 aliphatic carbocycles. The van der Waals surface area contributed by atoms with Crippen molar-refractivity contribution in [3.63, 3.8) is 0 Å². The van der Waals surface area contributed by atoms with E-state index in [4.69, 9.17) is 5.11 Å². The minimum Gasteiger partial charge on any atom is -0.481 e. The van der Waals surface area contributed by atoms with Crippen LogP contribution in [0.1, 0.15) is 40.5 Å². The number of rotatable bonds is 2. The molecule has 4 nitrogen and oxygen atoms in total. The Morgan fingerprint density at radius 2 is 2.00 bits per heavy atom. The number of carboxylic acid groups (broad SMARTS) is 1. The van der Waals surface area contributed by atoms with Crippen molar-refractivity contribution >= 4 is 5.97 Å². The van der Waals surface area contributed by atoms with Crippen LogP contribution in [-0.4, -0.2) is 58.6 Å². The van der Waals surface area contributed by atoms with Gasteiger partial charge in [-0.15, -0.1) is 0 Å². The van der Waals surface area contributed by atoms with E-state index in [1.165, 1.54) is 0 Å². The molecule has 1 heterocycles. The van der Waals surface area contributed by atoms with Gasteiger partial charge in [-0.2, -0.15) is 0 Å². The minimum atomic E-state index is -0.702. The zero-order valence-electron chi connectivity index (χ0n) is 11.7. The van der Waals surface area contributed by atoms with Crippen molar-refractivity contribution in [1.82, 2.24) is 9.80 Å². The normalized spacial score (nSPS) is 29.0. The fourth-order valence-electron chi connectivity index (χ4n) is 2.60. The van der Waals surface area contributed by atoms with Gasteiger partial charge in [-0.25, -0.2) is 0 Å². The van der Waals surface area contributed by atoms with E-state index in [1.807, 2.05) is 0 Å². The summed E-state index contributed by atoms with van der Waals surface area (Å²) in [5, 5.41) is 9.05. The Bertz CT molecular complexity index is 273. The summed E-state index contributed by atoms with van der Waals surface area (Å²) in [6, 6.07) is 0.640. The molecule has 0 saturated carbocycles. The van der Waals surface area contributed by atoms with Gasteiger partial charge in [-0.05, 0) is 41.2 Å². The number of carboxylic acids is 1. The average molecular weight is 242 g/mol. The Kier molecular flexibility index (Phi) is 4.55. The third kappa shape index (κ3) is 3.96. The summed E-state index contributed by atoms with van der Waals surface area (Å²) in [7, 11) is 2.09. The molecule has 1 saturated heterocycles. The number of nitrogens with zero attached hydrogens (tertiary/aromatic N) is 2. The van der Waals surface area contributed by atoms with Crippen molar-refractivity contribution in [2.75, 3.05) is 20.1 Å². The number of hydrogen-bond donors (Lipinski definition) is 1. The molecule has 0 aromatic carbocycles. The maximum Gasteiger partial charge on any atom is 0.304 e. The van der Waals surface area contributed by atoms with E-state index in [1.54, 1.807) is 0 Å². The number of hydrogen-bond acceptors (Lipinski definition) is 3. The van der Waals surface area contributed by atoms with Gasteiger partial charge >= 0.3 is 5.97 Å². The monoisotopic (exact) mass is 242 g/mol. The smallest absolute Gasteiger partial charge is 0.304 e. The molecule has 100 valence electrons. The van der Waals surface area contributed by atoms with Gasteiger partial charge in [0.15, 0.2) is 0 Å². The second-order valence-electron chi connectivity index (χ2n) is 6.19. The van der Waals surface area contributed by atoms with Crippen LogP contribution in [0.5, 0.6) is 0 Å². The first kappa shape index (κ1) is 14.5. The van der Waals surface area contributed by atoms with Crippen molar-refractivity contribution < 1.29 is 9.90 Å². The lowest BCUT2D eigenvalue weighted by Gasteiger charge is -2.40. The summed E-state index contributed by atoms with van der Waals surface area (Å²) in [5.74, 6) is -0.702. The van der Waals surface area contributed by atoms with Crippen molar-refractivity contribution in [1.29, 1.82) is 0 Å². The van der Waals surface area contributed by atoms with Crippen molar-refractivity contribution in [3.8, 4) is 0 Å². The van der Waals surface area contributed by atoms with Crippen LogP contribution in [0.15, 0.2) is 0 Å². The molecule has 2 unspecified atom stereocenters. The van der Waals surface area contributed by atoms with E-state index in [-0.39, 0.29) is 18.0 Å². The van der Waals surface area contributed by atoms with Gasteiger partial charge < -0.3 is 10.0 Å². The van der Waals surface area contributed by atoms with Crippen molar-refractivity contribution in [2.24, 2.45) is 0 Å². The van der Waals surface area contributed by atoms with E-state index < -0.39 is 5.97 Å². The second kappa shape index (κ2) is 5.36. The SMILES string of the molecule is CC1CCN(C(C)(C)C)C(CC(=O)O)CN1C. The van der Waals surface area contributed by atoms with Crippen LogP contribution in [-0.2, 0) is 4.79 Å². The molecule has 0 aromatic heterocycles. The summed E-state index contributed by atoms with van der Waals surface area (Å²) in [4.78, 5) is 15.6. The first-order valence-electron chi connectivity index (χ1n) is 6.40. The standard InChI is InChI=1S/C13H26N2O2/c1-10-6-7-15(13(2,3)4)11(8-12(16)17)9-14(10)5/h10-11H,6-9H2,1-5H3,(H,16,17). The van der Waals surface area contributed by atoms with Crippen molar-refractivity contribution in [2.45, 2.75) is 58.2 Å². The zero-order chi connectivity index (χ0) is 13.2. The molecule has 0 amide bonds. The molecule has 0 spiro atoms. The molecule has 1 N–H and O–H groups in total. The van der Waals surface area contributed by atoms with Gasteiger partial charge in [0.05, 0.1) is 6.42 Å². The first-order chi connectivity index (χ1) is 7.71. The highest BCUT2D eigenvalue weighted by Gasteiger charge is 2.34. The van der Waals surface area contributed by atoms with Crippen LogP contribution >= 0.6 is 0 Å². The lowest BCUT2D eigenvalue weighted by Crippen LogP contribution is -2.51. The Balaban J connectivity index is 2.86. The molecular weight excluding hydrogens is 216 g/mol. The summed E-state index contributed by atoms with van der Waals surface area (Å²) in [6.45, 7) is 10.5. The highest BCUT2D eigenvalue weighted by molar-refractivity contribution is 5.67. The van der Waals surface area contributed by atoms with E-state index in [0.717, 1.165) is 19.5 Å². The van der Waals surface area contributed by atoms with Crippen LogP contribution in [0.3, 0.4) is 0 Å². The van der Waals surface area contributed by atoms with Gasteiger partial charge in [0.25, 0.3) is 0 Å². The van der Waals surface area contributed by atoms with Crippen LogP contribution in [0, 0.1) is 0 Å². The molecule has 0 bridgehead atoms. The topological polar surface area (TPSA) is 43.8 Å². The van der Waals surface area contributed by atoms with Gasteiger partial charge in [0.2, 0.25) is 0 Å². The van der Waals surface area contributed by atoms with Crippen LogP contribution < -0.4 is 0 Å². The second-order valence-corrected chi connectivity index (χ2v) is 6.19. The fraction of sp³-hybridized carbons (Fsp3) is 0.923. The van der Waals surface area contributed by atoms with E-state index in [2.05, 4.69) is 44.5 Å². The number of carbonyl (C=O) groups is 1. The molecule has 0 aromatic rings. The Morgan fingerprint density at radius 3 is 2.47 bits per heavy atom. The van der Waals surface area contributed by atoms with Crippen LogP contribution in [0.25, 0.3) is 0 Å². The molecule has 2 atom stereocenters. The highest BCUT2D eigenvalue weighted by atomic mass is 16.4. The maximum absolute atomic E-state index is 11.0. The molecule has 1 rings (SSSR count). The van der Waals surface area contributed by atoms with Gasteiger partial charge in [-0.3, -0.25) is 9.69 Å². The summed E-state index contributed by atoms with van der Waals surface area (Å²) in [5.41, 5.74) is 0.0328.